The number of ether oxygens (including phenoxy) is 1. The molecule has 96 valence electrons. The van der Waals surface area contributed by atoms with Gasteiger partial charge in [0.2, 0.25) is 0 Å². The van der Waals surface area contributed by atoms with E-state index in [-0.39, 0.29) is 11.5 Å². The molecule has 1 aliphatic carbocycles. The normalized spacial score (nSPS) is 33.8. The van der Waals surface area contributed by atoms with Gasteiger partial charge < -0.3 is 10.5 Å². The fourth-order valence-corrected chi connectivity index (χ4v) is 2.14. The molecule has 0 bridgehead atoms. The van der Waals surface area contributed by atoms with E-state index in [1.54, 1.807) is 0 Å². The van der Waals surface area contributed by atoms with Crippen LogP contribution in [-0.4, -0.2) is 18.8 Å². The minimum absolute atomic E-state index is 0.141. The van der Waals surface area contributed by atoms with Gasteiger partial charge in [0.05, 0.1) is 12.7 Å². The predicted molar refractivity (Wildman–Crippen MR) is 69.3 cm³/mol. The first-order valence-electron chi connectivity index (χ1n) is 6.68. The quantitative estimate of drug-likeness (QED) is 0.803. The van der Waals surface area contributed by atoms with Crippen molar-refractivity contribution in [2.75, 3.05) is 6.61 Å². The molecule has 0 aromatic heterocycles. The Kier molecular flexibility index (Phi) is 4.81. The first kappa shape index (κ1) is 14.0. The van der Waals surface area contributed by atoms with Crippen molar-refractivity contribution in [1.82, 2.24) is 0 Å². The Labute approximate surface area is 101 Å². The average molecular weight is 227 g/mol. The molecule has 0 aliphatic heterocycles. The van der Waals surface area contributed by atoms with Crippen molar-refractivity contribution in [2.45, 2.75) is 66.0 Å². The van der Waals surface area contributed by atoms with E-state index in [1.807, 2.05) is 0 Å². The topological polar surface area (TPSA) is 35.2 Å². The summed E-state index contributed by atoms with van der Waals surface area (Å²) in [4.78, 5) is 0. The molecule has 0 aromatic carbocycles. The van der Waals surface area contributed by atoms with Crippen LogP contribution in [-0.2, 0) is 4.74 Å². The molecule has 2 N–H and O–H groups in total. The standard InChI is InChI=1S/C14H29NO/c1-10-6-7-12(8-11(10)2)16-9-13(15)14(3,4)5/h10-13H,6-9,15H2,1-5H3. The van der Waals surface area contributed by atoms with Crippen LogP contribution in [0.4, 0.5) is 0 Å². The summed E-state index contributed by atoms with van der Waals surface area (Å²) in [5, 5.41) is 0. The van der Waals surface area contributed by atoms with Crippen LogP contribution in [0.1, 0.15) is 53.9 Å². The number of hydrogen-bond donors (Lipinski definition) is 1. The second kappa shape index (κ2) is 5.50. The first-order chi connectivity index (χ1) is 7.30. The lowest BCUT2D eigenvalue weighted by Gasteiger charge is -2.34. The van der Waals surface area contributed by atoms with Crippen LogP contribution in [0, 0.1) is 17.3 Å². The highest BCUT2D eigenvalue weighted by Gasteiger charge is 2.27. The van der Waals surface area contributed by atoms with Crippen LogP contribution in [0.3, 0.4) is 0 Å². The van der Waals surface area contributed by atoms with Gasteiger partial charge in [-0.1, -0.05) is 34.6 Å². The Morgan fingerprint density at radius 3 is 2.31 bits per heavy atom. The highest BCUT2D eigenvalue weighted by molar-refractivity contribution is 4.79. The number of hydrogen-bond acceptors (Lipinski definition) is 2. The highest BCUT2D eigenvalue weighted by atomic mass is 16.5. The fourth-order valence-electron chi connectivity index (χ4n) is 2.14. The van der Waals surface area contributed by atoms with Gasteiger partial charge in [-0.25, -0.2) is 0 Å². The van der Waals surface area contributed by atoms with Crippen molar-refractivity contribution >= 4 is 0 Å². The molecular weight excluding hydrogens is 198 g/mol. The Morgan fingerprint density at radius 1 is 1.19 bits per heavy atom. The summed E-state index contributed by atoms with van der Waals surface area (Å²) in [7, 11) is 0. The maximum absolute atomic E-state index is 6.10. The van der Waals surface area contributed by atoms with Crippen LogP contribution in [0.25, 0.3) is 0 Å². The van der Waals surface area contributed by atoms with Gasteiger partial charge in [0, 0.05) is 6.04 Å². The second-order valence-corrected chi connectivity index (χ2v) is 6.70. The van der Waals surface area contributed by atoms with Crippen LogP contribution in [0.15, 0.2) is 0 Å². The average Bonchev–Trinajstić information content (AvgIpc) is 2.18. The first-order valence-corrected chi connectivity index (χ1v) is 6.68. The number of rotatable bonds is 3. The minimum atomic E-state index is 0.141. The van der Waals surface area contributed by atoms with E-state index in [0.29, 0.717) is 12.7 Å². The monoisotopic (exact) mass is 227 g/mol. The molecule has 16 heavy (non-hydrogen) atoms. The molecule has 0 amide bonds. The van der Waals surface area contributed by atoms with Gasteiger partial charge in [-0.2, -0.15) is 0 Å². The van der Waals surface area contributed by atoms with Crippen LogP contribution in [0.5, 0.6) is 0 Å². The van der Waals surface area contributed by atoms with Gasteiger partial charge in [-0.15, -0.1) is 0 Å². The van der Waals surface area contributed by atoms with Gasteiger partial charge in [0.1, 0.15) is 0 Å². The van der Waals surface area contributed by atoms with E-state index < -0.39 is 0 Å². The molecule has 1 rings (SSSR count). The molecule has 2 nitrogen and oxygen atoms in total. The molecule has 0 spiro atoms. The maximum Gasteiger partial charge on any atom is 0.0626 e. The van der Waals surface area contributed by atoms with E-state index in [1.165, 1.54) is 19.3 Å². The van der Waals surface area contributed by atoms with Gasteiger partial charge in [-0.05, 0) is 36.5 Å². The molecule has 1 aliphatic rings. The molecule has 4 unspecified atom stereocenters. The van der Waals surface area contributed by atoms with Gasteiger partial charge in [0.15, 0.2) is 0 Å². The number of nitrogens with two attached hydrogens (primary N) is 1. The van der Waals surface area contributed by atoms with E-state index in [9.17, 15) is 0 Å². The minimum Gasteiger partial charge on any atom is -0.377 e. The van der Waals surface area contributed by atoms with Crippen LogP contribution >= 0.6 is 0 Å². The second-order valence-electron chi connectivity index (χ2n) is 6.70. The Bertz CT molecular complexity index is 209. The molecular formula is C14H29NO. The molecule has 1 fully saturated rings. The lowest BCUT2D eigenvalue weighted by atomic mass is 9.80. The molecule has 0 saturated heterocycles. The van der Waals surface area contributed by atoms with Gasteiger partial charge in [0.25, 0.3) is 0 Å². The molecule has 1 saturated carbocycles. The zero-order valence-electron chi connectivity index (χ0n) is 11.6. The predicted octanol–water partition coefficient (Wildman–Crippen LogP) is 3.20. The van der Waals surface area contributed by atoms with E-state index in [0.717, 1.165) is 11.8 Å². The van der Waals surface area contributed by atoms with E-state index in [4.69, 9.17) is 10.5 Å². The molecule has 4 atom stereocenters. The summed E-state index contributed by atoms with van der Waals surface area (Å²) in [5.41, 5.74) is 6.25. The summed E-state index contributed by atoms with van der Waals surface area (Å²) in [6, 6.07) is 0.141. The van der Waals surface area contributed by atoms with Crippen molar-refractivity contribution in [3.05, 3.63) is 0 Å². The van der Waals surface area contributed by atoms with Gasteiger partial charge in [-0.3, -0.25) is 0 Å². The van der Waals surface area contributed by atoms with Crippen molar-refractivity contribution < 1.29 is 4.74 Å². The summed E-state index contributed by atoms with van der Waals surface area (Å²) < 4.78 is 5.96. The lowest BCUT2D eigenvalue weighted by molar-refractivity contribution is -0.0147. The SMILES string of the molecule is CC1CCC(OCC(N)C(C)(C)C)CC1C. The zero-order valence-corrected chi connectivity index (χ0v) is 11.6. The third-order valence-corrected chi connectivity index (χ3v) is 4.17. The fraction of sp³-hybridized carbons (Fsp3) is 1.00. The third-order valence-electron chi connectivity index (χ3n) is 4.17. The van der Waals surface area contributed by atoms with Gasteiger partial charge >= 0.3 is 0 Å². The Morgan fingerprint density at radius 2 is 1.81 bits per heavy atom. The molecule has 0 radical (unpaired) electrons. The lowest BCUT2D eigenvalue weighted by Crippen LogP contribution is -2.41. The molecule has 2 heteroatoms. The highest BCUT2D eigenvalue weighted by Crippen LogP contribution is 2.31. The van der Waals surface area contributed by atoms with E-state index >= 15 is 0 Å². The largest absolute Gasteiger partial charge is 0.377 e. The van der Waals surface area contributed by atoms with Crippen molar-refractivity contribution in [3.8, 4) is 0 Å². The van der Waals surface area contributed by atoms with Crippen LogP contribution in [0.2, 0.25) is 0 Å². The van der Waals surface area contributed by atoms with Crippen molar-refractivity contribution in [2.24, 2.45) is 23.0 Å². The maximum atomic E-state index is 6.10. The van der Waals surface area contributed by atoms with E-state index in [2.05, 4.69) is 34.6 Å². The van der Waals surface area contributed by atoms with Crippen LogP contribution < -0.4 is 5.73 Å². The Hall–Kier alpha value is -0.0800. The summed E-state index contributed by atoms with van der Waals surface area (Å²) in [6.45, 7) is 11.9. The summed E-state index contributed by atoms with van der Waals surface area (Å²) in [6.07, 6.45) is 4.16. The molecule has 0 heterocycles. The summed E-state index contributed by atoms with van der Waals surface area (Å²) >= 11 is 0. The van der Waals surface area contributed by atoms with Crippen molar-refractivity contribution in [3.63, 3.8) is 0 Å². The Balaban J connectivity index is 2.29. The third kappa shape index (κ3) is 4.06. The molecule has 0 aromatic rings. The summed E-state index contributed by atoms with van der Waals surface area (Å²) in [5.74, 6) is 1.65. The zero-order chi connectivity index (χ0) is 12.3. The van der Waals surface area contributed by atoms with Crippen molar-refractivity contribution in [1.29, 1.82) is 0 Å². The smallest absolute Gasteiger partial charge is 0.0626 e.